The predicted octanol–water partition coefficient (Wildman–Crippen LogP) is 2.42. The molecule has 2 N–H and O–H groups in total. The first-order valence-corrected chi connectivity index (χ1v) is 13.8. The molecule has 2 aliphatic rings. The van der Waals surface area contributed by atoms with Gasteiger partial charge in [0.15, 0.2) is 11.6 Å². The Morgan fingerprint density at radius 2 is 1.97 bits per heavy atom. The maximum atomic E-state index is 14.4. The highest BCUT2D eigenvalue weighted by atomic mass is 32.2. The van der Waals surface area contributed by atoms with Crippen molar-refractivity contribution in [2.45, 2.75) is 51.0 Å². The van der Waals surface area contributed by atoms with Crippen molar-refractivity contribution in [2.24, 2.45) is 5.92 Å². The summed E-state index contributed by atoms with van der Waals surface area (Å²) in [6, 6.07) is 4.15. The third-order valence-electron chi connectivity index (χ3n) is 6.39. The SMILES string of the molecule is CN(C)CCC(C)(NS(=O)(=O)CCCCCN1CC(=O)NC1=O)c1ccc(F)c(OCC2CC2)c1. The lowest BCUT2D eigenvalue weighted by Gasteiger charge is -2.32. The standard InChI is InChI=1S/C24H37FN4O5S/c1-24(11-13-28(2)3,19-9-10-20(25)21(15-19)34-17-18-7-8-18)27-35(32,33)14-6-4-5-12-29-16-22(30)26-23(29)31/h9-10,15,18,27H,4-8,11-14,16-17H2,1-3H3,(H,26,30,31). The summed E-state index contributed by atoms with van der Waals surface area (Å²) in [6.45, 7) is 3.37. The predicted molar refractivity (Wildman–Crippen MR) is 131 cm³/mol. The molecule has 3 amide bonds. The lowest BCUT2D eigenvalue weighted by atomic mass is 9.89. The van der Waals surface area contributed by atoms with Crippen LogP contribution in [0.5, 0.6) is 5.75 Å². The summed E-state index contributed by atoms with van der Waals surface area (Å²) >= 11 is 0. The summed E-state index contributed by atoms with van der Waals surface area (Å²) in [4.78, 5) is 26.2. The normalized spacial score (nSPS) is 18.1. The van der Waals surface area contributed by atoms with Crippen LogP contribution in [-0.4, -0.2) is 76.2 Å². The molecule has 0 aromatic heterocycles. The molecule has 9 nitrogen and oxygen atoms in total. The first-order chi connectivity index (χ1) is 16.5. The van der Waals surface area contributed by atoms with Gasteiger partial charge in [0.1, 0.15) is 6.54 Å². The number of hydrogen-bond acceptors (Lipinski definition) is 6. The molecule has 11 heteroatoms. The minimum absolute atomic E-state index is 0.0486. The van der Waals surface area contributed by atoms with Gasteiger partial charge in [-0.25, -0.2) is 22.3 Å². The molecule has 0 radical (unpaired) electrons. The van der Waals surface area contributed by atoms with Crippen LogP contribution in [0.15, 0.2) is 18.2 Å². The molecule has 2 fully saturated rings. The van der Waals surface area contributed by atoms with Gasteiger partial charge < -0.3 is 14.5 Å². The van der Waals surface area contributed by atoms with E-state index in [4.69, 9.17) is 4.74 Å². The van der Waals surface area contributed by atoms with E-state index in [1.165, 1.54) is 11.0 Å². The van der Waals surface area contributed by atoms with E-state index in [0.29, 0.717) is 56.9 Å². The molecule has 0 spiro atoms. The molecule has 1 saturated heterocycles. The second-order valence-corrected chi connectivity index (χ2v) is 11.9. The number of benzene rings is 1. The number of urea groups is 1. The van der Waals surface area contributed by atoms with Crippen molar-refractivity contribution in [3.8, 4) is 5.75 Å². The number of sulfonamides is 1. The molecule has 1 atom stereocenters. The number of nitrogens with zero attached hydrogens (tertiary/aromatic N) is 2. The van der Waals surface area contributed by atoms with Gasteiger partial charge in [-0.1, -0.05) is 12.5 Å². The number of rotatable bonds is 15. The van der Waals surface area contributed by atoms with Crippen LogP contribution in [0.25, 0.3) is 0 Å². The Morgan fingerprint density at radius 1 is 1.23 bits per heavy atom. The Hall–Kier alpha value is -2.24. The molecule has 1 heterocycles. The summed E-state index contributed by atoms with van der Waals surface area (Å²) in [7, 11) is 0.186. The van der Waals surface area contributed by atoms with Gasteiger partial charge in [-0.15, -0.1) is 0 Å². The average Bonchev–Trinajstić information content (AvgIpc) is 3.54. The molecule has 3 rings (SSSR count). The first-order valence-electron chi connectivity index (χ1n) is 12.2. The number of nitrogens with one attached hydrogen (secondary N) is 2. The van der Waals surface area contributed by atoms with E-state index < -0.39 is 27.4 Å². The monoisotopic (exact) mass is 512 g/mol. The van der Waals surface area contributed by atoms with Crippen LogP contribution in [0, 0.1) is 11.7 Å². The Kier molecular flexibility index (Phi) is 9.11. The smallest absolute Gasteiger partial charge is 0.324 e. The second-order valence-electron chi connectivity index (χ2n) is 10.0. The van der Waals surface area contributed by atoms with Crippen molar-refractivity contribution in [3.63, 3.8) is 0 Å². The van der Waals surface area contributed by atoms with Crippen molar-refractivity contribution in [1.29, 1.82) is 0 Å². The van der Waals surface area contributed by atoms with Gasteiger partial charge in [0.25, 0.3) is 0 Å². The van der Waals surface area contributed by atoms with Gasteiger partial charge in [0, 0.05) is 6.54 Å². The van der Waals surface area contributed by atoms with E-state index in [1.807, 2.05) is 25.9 Å². The van der Waals surface area contributed by atoms with Crippen LogP contribution in [0.4, 0.5) is 9.18 Å². The maximum Gasteiger partial charge on any atom is 0.324 e. The van der Waals surface area contributed by atoms with Crippen LogP contribution in [0.1, 0.15) is 51.0 Å². The highest BCUT2D eigenvalue weighted by Gasteiger charge is 2.33. The lowest BCUT2D eigenvalue weighted by Crippen LogP contribution is -2.46. The van der Waals surface area contributed by atoms with E-state index in [-0.39, 0.29) is 24.0 Å². The van der Waals surface area contributed by atoms with Gasteiger partial charge in [-0.2, -0.15) is 0 Å². The van der Waals surface area contributed by atoms with E-state index >= 15 is 0 Å². The number of hydrogen-bond donors (Lipinski definition) is 2. The molecule has 1 aromatic carbocycles. The number of halogens is 1. The van der Waals surface area contributed by atoms with Crippen LogP contribution in [0.2, 0.25) is 0 Å². The Bertz CT molecular complexity index is 1020. The minimum Gasteiger partial charge on any atom is -0.490 e. The number of unbranched alkanes of at least 4 members (excludes halogenated alkanes) is 2. The van der Waals surface area contributed by atoms with E-state index in [2.05, 4.69) is 10.0 Å². The minimum atomic E-state index is -3.64. The Balaban J connectivity index is 1.60. The topological polar surface area (TPSA) is 108 Å². The zero-order valence-electron chi connectivity index (χ0n) is 20.8. The zero-order valence-corrected chi connectivity index (χ0v) is 21.6. The van der Waals surface area contributed by atoms with E-state index in [0.717, 1.165) is 12.8 Å². The largest absolute Gasteiger partial charge is 0.490 e. The molecular weight excluding hydrogens is 475 g/mol. The fourth-order valence-corrected chi connectivity index (χ4v) is 5.57. The molecule has 1 saturated carbocycles. The van der Waals surface area contributed by atoms with Crippen molar-refractivity contribution in [2.75, 3.05) is 46.1 Å². The third kappa shape index (κ3) is 8.43. The van der Waals surface area contributed by atoms with E-state index in [9.17, 15) is 22.4 Å². The van der Waals surface area contributed by atoms with Gasteiger partial charge >= 0.3 is 6.03 Å². The number of carbonyl (C=O) groups is 2. The molecule has 1 aromatic rings. The lowest BCUT2D eigenvalue weighted by molar-refractivity contribution is -0.118. The van der Waals surface area contributed by atoms with Crippen LogP contribution in [-0.2, 0) is 20.4 Å². The number of carbonyl (C=O) groups excluding carboxylic acids is 2. The zero-order chi connectivity index (χ0) is 25.6. The Morgan fingerprint density at radius 3 is 2.60 bits per heavy atom. The van der Waals surface area contributed by atoms with Crippen LogP contribution >= 0.6 is 0 Å². The summed E-state index contributed by atoms with van der Waals surface area (Å²) in [5.74, 6) is -0.227. The number of ether oxygens (including phenoxy) is 1. The fourth-order valence-electron chi connectivity index (χ4n) is 3.98. The quantitative estimate of drug-likeness (QED) is 0.276. The van der Waals surface area contributed by atoms with E-state index in [1.54, 1.807) is 12.1 Å². The van der Waals surface area contributed by atoms with Gasteiger partial charge in [-0.3, -0.25) is 10.1 Å². The molecule has 0 bridgehead atoms. The molecular formula is C24H37FN4O5S. The molecule has 35 heavy (non-hydrogen) atoms. The third-order valence-corrected chi connectivity index (χ3v) is 7.98. The Labute approximate surface area is 207 Å². The average molecular weight is 513 g/mol. The van der Waals surface area contributed by atoms with Gasteiger partial charge in [0.05, 0.1) is 17.9 Å². The van der Waals surface area contributed by atoms with Gasteiger partial charge in [0.2, 0.25) is 15.9 Å². The molecule has 1 unspecified atom stereocenters. The summed E-state index contributed by atoms with van der Waals surface area (Å²) < 4.78 is 48.9. The fraction of sp³-hybridized carbons (Fsp3) is 0.667. The van der Waals surface area contributed by atoms with Gasteiger partial charge in [-0.05, 0) is 83.3 Å². The van der Waals surface area contributed by atoms with Crippen LogP contribution in [0.3, 0.4) is 0 Å². The second kappa shape index (κ2) is 11.7. The number of amides is 3. The van der Waals surface area contributed by atoms with Crippen molar-refractivity contribution in [3.05, 3.63) is 29.6 Å². The van der Waals surface area contributed by atoms with Crippen molar-refractivity contribution < 1.29 is 27.1 Å². The first kappa shape index (κ1) is 27.3. The molecule has 1 aliphatic heterocycles. The summed E-state index contributed by atoms with van der Waals surface area (Å²) in [6.07, 6.45) is 4.29. The van der Waals surface area contributed by atoms with Crippen LogP contribution < -0.4 is 14.8 Å². The van der Waals surface area contributed by atoms with Crippen molar-refractivity contribution in [1.82, 2.24) is 19.8 Å². The number of imide groups is 1. The van der Waals surface area contributed by atoms with Crippen molar-refractivity contribution >= 4 is 22.0 Å². The molecule has 196 valence electrons. The maximum absolute atomic E-state index is 14.4. The summed E-state index contributed by atoms with van der Waals surface area (Å²) in [5, 5.41) is 2.22. The molecule has 1 aliphatic carbocycles. The highest BCUT2D eigenvalue weighted by Crippen LogP contribution is 2.33. The highest BCUT2D eigenvalue weighted by molar-refractivity contribution is 7.89. The summed E-state index contributed by atoms with van der Waals surface area (Å²) in [5.41, 5.74) is -0.289.